The summed E-state index contributed by atoms with van der Waals surface area (Å²) >= 11 is 5.85. The molecule has 0 aromatic heterocycles. The summed E-state index contributed by atoms with van der Waals surface area (Å²) in [5, 5.41) is 0.332. The fourth-order valence-electron chi connectivity index (χ4n) is 1.20. The zero-order valence-corrected chi connectivity index (χ0v) is 9.15. The van der Waals surface area contributed by atoms with Crippen molar-refractivity contribution in [2.75, 3.05) is 0 Å². The van der Waals surface area contributed by atoms with E-state index in [-0.39, 0.29) is 0 Å². The molecule has 0 spiro atoms. The van der Waals surface area contributed by atoms with Crippen molar-refractivity contribution in [1.29, 1.82) is 0 Å². The maximum Gasteiger partial charge on any atom is 0.303 e. The van der Waals surface area contributed by atoms with Gasteiger partial charge in [-0.3, -0.25) is 9.59 Å². The second kappa shape index (κ2) is 4.98. The summed E-state index contributed by atoms with van der Waals surface area (Å²) in [5.41, 5.74) is 0. The van der Waals surface area contributed by atoms with Crippen LogP contribution in [0.5, 0.6) is 0 Å². The van der Waals surface area contributed by atoms with Gasteiger partial charge in [-0.1, -0.05) is 17.7 Å². The van der Waals surface area contributed by atoms with Crippen molar-refractivity contribution in [1.82, 2.24) is 0 Å². The molecule has 0 aromatic carbocycles. The number of halogens is 1. The Bertz CT molecular complexity index is 332. The minimum Gasteiger partial charge on any atom is -0.454 e. The topological polar surface area (TPSA) is 52.6 Å². The molecule has 0 bridgehead atoms. The van der Waals surface area contributed by atoms with Gasteiger partial charge in [0, 0.05) is 13.8 Å². The molecule has 0 radical (unpaired) electrons. The first kappa shape index (κ1) is 11.8. The van der Waals surface area contributed by atoms with E-state index in [9.17, 15) is 9.59 Å². The van der Waals surface area contributed by atoms with Gasteiger partial charge in [0.25, 0.3) is 0 Å². The van der Waals surface area contributed by atoms with Crippen molar-refractivity contribution >= 4 is 23.5 Å². The van der Waals surface area contributed by atoms with Gasteiger partial charge in [0.2, 0.25) is 0 Å². The molecule has 0 saturated carbocycles. The Kier molecular flexibility index (Phi) is 3.91. The molecule has 0 N–H and O–H groups in total. The number of rotatable bonds is 2. The van der Waals surface area contributed by atoms with E-state index in [1.807, 2.05) is 0 Å². The first-order valence-corrected chi connectivity index (χ1v) is 4.77. The summed E-state index contributed by atoms with van der Waals surface area (Å²) in [4.78, 5) is 21.6. The van der Waals surface area contributed by atoms with Crippen molar-refractivity contribution in [3.8, 4) is 0 Å². The van der Waals surface area contributed by atoms with Crippen LogP contribution in [0.25, 0.3) is 0 Å². The van der Waals surface area contributed by atoms with Crippen LogP contribution >= 0.6 is 11.6 Å². The number of hydrogen-bond acceptors (Lipinski definition) is 4. The average Bonchev–Trinajstić information content (AvgIpc) is 2.09. The second-order valence-electron chi connectivity index (χ2n) is 3.04. The Balaban J connectivity index is 2.76. The Morgan fingerprint density at radius 2 is 1.87 bits per heavy atom. The van der Waals surface area contributed by atoms with E-state index in [1.165, 1.54) is 13.8 Å². The number of ether oxygens (including phenoxy) is 2. The maximum absolute atomic E-state index is 10.8. The third-order valence-corrected chi connectivity index (χ3v) is 2.06. The Labute approximate surface area is 92.5 Å². The normalized spacial score (nSPS) is 24.3. The molecular weight excluding hydrogens is 220 g/mol. The zero-order chi connectivity index (χ0) is 11.4. The fourth-order valence-corrected chi connectivity index (χ4v) is 1.45. The zero-order valence-electron chi connectivity index (χ0n) is 8.40. The van der Waals surface area contributed by atoms with E-state index in [4.69, 9.17) is 21.1 Å². The van der Waals surface area contributed by atoms with Crippen LogP contribution < -0.4 is 0 Å². The van der Waals surface area contributed by atoms with Crippen LogP contribution in [0.1, 0.15) is 13.8 Å². The average molecular weight is 231 g/mol. The van der Waals surface area contributed by atoms with E-state index in [1.54, 1.807) is 18.2 Å². The lowest BCUT2D eigenvalue weighted by molar-refractivity contribution is -0.158. The van der Waals surface area contributed by atoms with Crippen molar-refractivity contribution in [3.05, 3.63) is 23.3 Å². The van der Waals surface area contributed by atoms with Crippen molar-refractivity contribution in [2.45, 2.75) is 26.1 Å². The van der Waals surface area contributed by atoms with Crippen LogP contribution in [0.4, 0.5) is 0 Å². The van der Waals surface area contributed by atoms with E-state index in [0.717, 1.165) is 0 Å². The highest BCUT2D eigenvalue weighted by atomic mass is 35.5. The Hall–Kier alpha value is -1.29. The SMILES string of the molecule is CC(=O)O[C@@H]1C=CC=C(Cl)[C@@H]1OC(C)=O. The van der Waals surface area contributed by atoms with Crippen molar-refractivity contribution in [2.24, 2.45) is 0 Å². The molecule has 1 rings (SSSR count). The highest BCUT2D eigenvalue weighted by molar-refractivity contribution is 6.30. The molecule has 2 atom stereocenters. The molecule has 0 unspecified atom stereocenters. The van der Waals surface area contributed by atoms with Gasteiger partial charge in [-0.15, -0.1) is 0 Å². The Morgan fingerprint density at radius 1 is 1.27 bits per heavy atom. The van der Waals surface area contributed by atoms with Crippen LogP contribution in [-0.4, -0.2) is 24.1 Å². The molecule has 0 aliphatic heterocycles. The second-order valence-corrected chi connectivity index (χ2v) is 3.48. The summed E-state index contributed by atoms with van der Waals surface area (Å²) in [7, 11) is 0. The maximum atomic E-state index is 10.8. The largest absolute Gasteiger partial charge is 0.454 e. The molecule has 5 heteroatoms. The van der Waals surface area contributed by atoms with Crippen LogP contribution in [-0.2, 0) is 19.1 Å². The molecular formula is C10H11ClO4. The minimum absolute atomic E-state index is 0.332. The number of carbonyl (C=O) groups is 2. The molecule has 82 valence electrons. The fraction of sp³-hybridized carbons (Fsp3) is 0.400. The summed E-state index contributed by atoms with van der Waals surface area (Å²) in [6.07, 6.45) is 3.47. The monoisotopic (exact) mass is 230 g/mol. The molecule has 0 amide bonds. The molecule has 1 aliphatic carbocycles. The van der Waals surface area contributed by atoms with Gasteiger partial charge in [0.15, 0.2) is 12.2 Å². The predicted molar refractivity (Wildman–Crippen MR) is 54.2 cm³/mol. The van der Waals surface area contributed by atoms with Gasteiger partial charge in [-0.05, 0) is 12.2 Å². The van der Waals surface area contributed by atoms with Crippen molar-refractivity contribution < 1.29 is 19.1 Å². The molecule has 0 fully saturated rings. The van der Waals surface area contributed by atoms with E-state index in [0.29, 0.717) is 5.03 Å². The first-order valence-electron chi connectivity index (χ1n) is 4.39. The van der Waals surface area contributed by atoms with Crippen LogP contribution in [0.2, 0.25) is 0 Å². The number of hydrogen-bond donors (Lipinski definition) is 0. The van der Waals surface area contributed by atoms with E-state index in [2.05, 4.69) is 0 Å². The Morgan fingerprint density at radius 3 is 2.40 bits per heavy atom. The molecule has 0 saturated heterocycles. The highest BCUT2D eigenvalue weighted by Gasteiger charge is 2.29. The number of esters is 2. The van der Waals surface area contributed by atoms with Crippen molar-refractivity contribution in [3.63, 3.8) is 0 Å². The van der Waals surface area contributed by atoms with Gasteiger partial charge < -0.3 is 9.47 Å². The van der Waals surface area contributed by atoms with E-state index >= 15 is 0 Å². The first-order chi connectivity index (χ1) is 7.00. The minimum atomic E-state index is -0.738. The third-order valence-electron chi connectivity index (χ3n) is 1.72. The van der Waals surface area contributed by atoms with Gasteiger partial charge in [0.05, 0.1) is 5.03 Å². The summed E-state index contributed by atoms with van der Waals surface area (Å²) in [6.45, 7) is 2.55. The third kappa shape index (κ3) is 3.40. The highest BCUT2D eigenvalue weighted by Crippen LogP contribution is 2.23. The number of carbonyl (C=O) groups excluding carboxylic acids is 2. The van der Waals surface area contributed by atoms with Crippen LogP contribution in [0.15, 0.2) is 23.3 Å². The standard InChI is InChI=1S/C10H11ClO4/c1-6(12)14-9-5-3-4-8(11)10(9)15-7(2)13/h3-5,9-10H,1-2H3/t9-,10+/m1/s1. The summed E-state index contributed by atoms with van der Waals surface area (Å²) in [6, 6.07) is 0. The van der Waals surface area contributed by atoms with Gasteiger partial charge in [0.1, 0.15) is 0 Å². The van der Waals surface area contributed by atoms with Crippen LogP contribution in [0.3, 0.4) is 0 Å². The van der Waals surface area contributed by atoms with Gasteiger partial charge >= 0.3 is 11.9 Å². The molecule has 0 aromatic rings. The van der Waals surface area contributed by atoms with E-state index < -0.39 is 24.1 Å². The molecule has 4 nitrogen and oxygen atoms in total. The lowest BCUT2D eigenvalue weighted by atomic mass is 10.1. The molecule has 15 heavy (non-hydrogen) atoms. The lowest BCUT2D eigenvalue weighted by Crippen LogP contribution is -2.34. The van der Waals surface area contributed by atoms with Gasteiger partial charge in [-0.2, -0.15) is 0 Å². The molecule has 0 heterocycles. The molecule has 1 aliphatic rings. The number of allylic oxidation sites excluding steroid dienone is 2. The summed E-state index contributed by atoms with van der Waals surface area (Å²) < 4.78 is 9.90. The predicted octanol–water partition coefficient (Wildman–Crippen LogP) is 1.54. The quantitative estimate of drug-likeness (QED) is 0.676. The van der Waals surface area contributed by atoms with Gasteiger partial charge in [-0.25, -0.2) is 0 Å². The lowest BCUT2D eigenvalue weighted by Gasteiger charge is -2.25. The summed E-state index contributed by atoms with van der Waals surface area (Å²) in [5.74, 6) is -0.924. The van der Waals surface area contributed by atoms with Crippen LogP contribution in [0, 0.1) is 0 Å². The smallest absolute Gasteiger partial charge is 0.303 e.